The van der Waals surface area contributed by atoms with Gasteiger partial charge < -0.3 is 15.5 Å². The van der Waals surface area contributed by atoms with Crippen molar-refractivity contribution >= 4 is 17.5 Å². The summed E-state index contributed by atoms with van der Waals surface area (Å²) in [5.41, 5.74) is 3.55. The summed E-state index contributed by atoms with van der Waals surface area (Å²) in [6.45, 7) is 7.29. The number of aromatic nitrogens is 2. The van der Waals surface area contributed by atoms with Crippen molar-refractivity contribution in [1.82, 2.24) is 15.3 Å². The largest absolute Gasteiger partial charge is 0.355 e. The first-order chi connectivity index (χ1) is 14.1. The van der Waals surface area contributed by atoms with Crippen LogP contribution < -0.4 is 15.5 Å². The highest BCUT2D eigenvalue weighted by atomic mass is 15.3. The number of anilines is 3. The standard InChI is InChI=1S/C23H30N6/c1-3-4-19-12-22(29-10-9-21(15-29)25-14-17-6-7-17)28-23(26-19)27-20-8-5-16(2)18(11-20)13-24/h5,8,11-12,17,21,25H,3-4,6-7,9-10,14-15H2,1-2H3,(H,26,27,28)/t21-/m0/s1. The molecule has 1 aromatic heterocycles. The Hall–Kier alpha value is -2.65. The van der Waals surface area contributed by atoms with E-state index in [4.69, 9.17) is 9.97 Å². The normalized spacial score (nSPS) is 18.7. The van der Waals surface area contributed by atoms with E-state index < -0.39 is 0 Å². The average molecular weight is 391 g/mol. The maximum atomic E-state index is 9.30. The van der Waals surface area contributed by atoms with Crippen molar-refractivity contribution in [3.05, 3.63) is 41.1 Å². The van der Waals surface area contributed by atoms with Crippen molar-refractivity contribution in [2.75, 3.05) is 29.9 Å². The zero-order chi connectivity index (χ0) is 20.2. The number of hydrogen-bond acceptors (Lipinski definition) is 6. The van der Waals surface area contributed by atoms with Crippen LogP contribution in [0.3, 0.4) is 0 Å². The maximum absolute atomic E-state index is 9.30. The molecular formula is C23H30N6. The molecule has 2 aromatic rings. The molecule has 1 aromatic carbocycles. The van der Waals surface area contributed by atoms with E-state index in [-0.39, 0.29) is 0 Å². The minimum Gasteiger partial charge on any atom is -0.355 e. The number of aryl methyl sites for hydroxylation is 2. The van der Waals surface area contributed by atoms with E-state index >= 15 is 0 Å². The third-order valence-electron chi connectivity index (χ3n) is 5.79. The van der Waals surface area contributed by atoms with Crippen molar-refractivity contribution < 1.29 is 0 Å². The van der Waals surface area contributed by atoms with Gasteiger partial charge in [0.05, 0.1) is 11.6 Å². The highest BCUT2D eigenvalue weighted by molar-refractivity contribution is 5.59. The molecule has 2 fully saturated rings. The minimum absolute atomic E-state index is 0.548. The first-order valence-corrected chi connectivity index (χ1v) is 10.8. The van der Waals surface area contributed by atoms with E-state index in [0.717, 1.165) is 67.6 Å². The first-order valence-electron chi connectivity index (χ1n) is 10.8. The van der Waals surface area contributed by atoms with E-state index in [1.54, 1.807) is 0 Å². The molecule has 2 aliphatic rings. The molecule has 1 aliphatic heterocycles. The summed E-state index contributed by atoms with van der Waals surface area (Å²) in [7, 11) is 0. The Balaban J connectivity index is 1.50. The van der Waals surface area contributed by atoms with Crippen LogP contribution in [0.25, 0.3) is 0 Å². The second-order valence-electron chi connectivity index (χ2n) is 8.34. The van der Waals surface area contributed by atoms with Crippen LogP contribution in [0.1, 0.15) is 49.4 Å². The zero-order valence-electron chi connectivity index (χ0n) is 17.4. The third-order valence-corrected chi connectivity index (χ3v) is 5.79. The molecule has 0 unspecified atom stereocenters. The Bertz CT molecular complexity index is 899. The maximum Gasteiger partial charge on any atom is 0.229 e. The topological polar surface area (TPSA) is 76.9 Å². The van der Waals surface area contributed by atoms with E-state index in [1.165, 1.54) is 12.8 Å². The van der Waals surface area contributed by atoms with Crippen molar-refractivity contribution in [2.45, 2.75) is 52.0 Å². The molecule has 0 radical (unpaired) electrons. The van der Waals surface area contributed by atoms with Gasteiger partial charge >= 0.3 is 0 Å². The first kappa shape index (κ1) is 19.7. The van der Waals surface area contributed by atoms with Gasteiger partial charge in [0.2, 0.25) is 5.95 Å². The second kappa shape index (κ2) is 8.79. The molecule has 2 N–H and O–H groups in total. The number of nitrogens with one attached hydrogen (secondary N) is 2. The van der Waals surface area contributed by atoms with Crippen LogP contribution in [-0.2, 0) is 6.42 Å². The lowest BCUT2D eigenvalue weighted by Crippen LogP contribution is -2.34. The zero-order valence-corrected chi connectivity index (χ0v) is 17.4. The van der Waals surface area contributed by atoms with Gasteiger partial charge in [-0.3, -0.25) is 0 Å². The Morgan fingerprint density at radius 2 is 2.07 bits per heavy atom. The van der Waals surface area contributed by atoms with E-state index in [1.807, 2.05) is 25.1 Å². The molecular weight excluding hydrogens is 360 g/mol. The van der Waals surface area contributed by atoms with Crippen molar-refractivity contribution in [3.8, 4) is 6.07 Å². The number of hydrogen-bond donors (Lipinski definition) is 2. The highest BCUT2D eigenvalue weighted by Crippen LogP contribution is 2.28. The predicted octanol–water partition coefficient (Wildman–Crippen LogP) is 3.93. The average Bonchev–Trinajstić information content (AvgIpc) is 3.43. The van der Waals surface area contributed by atoms with E-state index in [0.29, 0.717) is 17.6 Å². The molecule has 6 nitrogen and oxygen atoms in total. The van der Waals surface area contributed by atoms with Crippen LogP contribution in [0.15, 0.2) is 24.3 Å². The summed E-state index contributed by atoms with van der Waals surface area (Å²) in [5, 5.41) is 16.3. The van der Waals surface area contributed by atoms with Gasteiger partial charge in [0.15, 0.2) is 0 Å². The van der Waals surface area contributed by atoms with Gasteiger partial charge in [-0.2, -0.15) is 10.2 Å². The lowest BCUT2D eigenvalue weighted by atomic mass is 10.1. The SMILES string of the molecule is CCCc1cc(N2CC[C@H](NCC3CC3)C2)nc(Nc2ccc(C)c(C#N)c2)n1. The Morgan fingerprint density at radius 3 is 2.83 bits per heavy atom. The molecule has 4 rings (SSSR count). The molecule has 1 aliphatic carbocycles. The summed E-state index contributed by atoms with van der Waals surface area (Å²) in [5.74, 6) is 2.50. The van der Waals surface area contributed by atoms with Crippen molar-refractivity contribution in [3.63, 3.8) is 0 Å². The Morgan fingerprint density at radius 1 is 1.21 bits per heavy atom. The van der Waals surface area contributed by atoms with Crippen molar-refractivity contribution in [2.24, 2.45) is 5.92 Å². The van der Waals surface area contributed by atoms with Crippen LogP contribution in [0.4, 0.5) is 17.5 Å². The molecule has 0 bridgehead atoms. The fraction of sp³-hybridized carbons (Fsp3) is 0.522. The van der Waals surface area contributed by atoms with Crippen LogP contribution in [0.2, 0.25) is 0 Å². The van der Waals surface area contributed by atoms with Crippen molar-refractivity contribution in [1.29, 1.82) is 5.26 Å². The van der Waals surface area contributed by atoms with Crippen LogP contribution in [0, 0.1) is 24.2 Å². The fourth-order valence-corrected chi connectivity index (χ4v) is 3.82. The minimum atomic E-state index is 0.548. The van der Waals surface area contributed by atoms with Gasteiger partial charge in [0.1, 0.15) is 5.82 Å². The molecule has 1 saturated carbocycles. The van der Waals surface area contributed by atoms with Gasteiger partial charge in [0.25, 0.3) is 0 Å². The number of nitriles is 1. The molecule has 0 spiro atoms. The monoisotopic (exact) mass is 390 g/mol. The second-order valence-corrected chi connectivity index (χ2v) is 8.34. The summed E-state index contributed by atoms with van der Waals surface area (Å²) in [4.78, 5) is 11.9. The summed E-state index contributed by atoms with van der Waals surface area (Å²) in [6.07, 6.45) is 5.91. The smallest absolute Gasteiger partial charge is 0.229 e. The van der Waals surface area contributed by atoms with Crippen LogP contribution in [-0.4, -0.2) is 35.6 Å². The molecule has 1 saturated heterocycles. The number of rotatable bonds is 8. The molecule has 1 atom stereocenters. The molecule has 29 heavy (non-hydrogen) atoms. The Kier molecular flexibility index (Phi) is 5.96. The van der Waals surface area contributed by atoms with Gasteiger partial charge in [-0.25, -0.2) is 4.98 Å². The lowest BCUT2D eigenvalue weighted by Gasteiger charge is -2.20. The summed E-state index contributed by atoms with van der Waals surface area (Å²) >= 11 is 0. The molecule has 152 valence electrons. The third kappa shape index (κ3) is 5.04. The number of nitrogens with zero attached hydrogens (tertiary/aromatic N) is 4. The van der Waals surface area contributed by atoms with E-state index in [9.17, 15) is 5.26 Å². The fourth-order valence-electron chi connectivity index (χ4n) is 3.82. The van der Waals surface area contributed by atoms with Crippen LogP contribution >= 0.6 is 0 Å². The van der Waals surface area contributed by atoms with E-state index in [2.05, 4.69) is 34.6 Å². The van der Waals surface area contributed by atoms with Crippen LogP contribution in [0.5, 0.6) is 0 Å². The summed E-state index contributed by atoms with van der Waals surface area (Å²) in [6, 6.07) is 10.7. The molecule has 6 heteroatoms. The van der Waals surface area contributed by atoms with Gasteiger partial charge in [-0.15, -0.1) is 0 Å². The van der Waals surface area contributed by atoms with Gasteiger partial charge in [-0.05, 0) is 62.8 Å². The molecule has 0 amide bonds. The van der Waals surface area contributed by atoms with Gasteiger partial charge in [0, 0.05) is 36.6 Å². The predicted molar refractivity (Wildman–Crippen MR) is 117 cm³/mol. The lowest BCUT2D eigenvalue weighted by molar-refractivity contribution is 0.530. The number of benzene rings is 1. The quantitative estimate of drug-likeness (QED) is 0.711. The Labute approximate surface area is 173 Å². The molecule has 2 heterocycles. The highest BCUT2D eigenvalue weighted by Gasteiger charge is 2.27. The van der Waals surface area contributed by atoms with Gasteiger partial charge in [-0.1, -0.05) is 19.4 Å². The summed E-state index contributed by atoms with van der Waals surface area (Å²) < 4.78 is 0.